The van der Waals surface area contributed by atoms with Crippen LogP contribution in [0.4, 0.5) is 10.1 Å². The molecule has 0 aliphatic carbocycles. The minimum Gasteiger partial charge on any atom is -0.384 e. The first-order chi connectivity index (χ1) is 9.34. The molecule has 2 rings (SSSR count). The van der Waals surface area contributed by atoms with Gasteiger partial charge in [0.2, 0.25) is 0 Å². The van der Waals surface area contributed by atoms with Crippen LogP contribution in [-0.4, -0.2) is 11.5 Å². The van der Waals surface area contributed by atoms with E-state index in [2.05, 4.69) is 38.0 Å². The van der Waals surface area contributed by atoms with Crippen molar-refractivity contribution in [2.24, 2.45) is 0 Å². The van der Waals surface area contributed by atoms with Gasteiger partial charge in [0.25, 0.3) is 0 Å². The normalized spacial score (nSPS) is 11.9. The molecule has 1 aromatic carbocycles. The van der Waals surface area contributed by atoms with Crippen LogP contribution in [0, 0.1) is 5.82 Å². The zero-order chi connectivity index (χ0) is 14.9. The Kier molecular flexibility index (Phi) is 4.19. The number of anilines is 1. The lowest BCUT2D eigenvalue weighted by atomic mass is 9.90. The predicted octanol–water partition coefficient (Wildman–Crippen LogP) is 5.15. The molecule has 20 heavy (non-hydrogen) atoms. The highest BCUT2D eigenvalue weighted by molar-refractivity contribution is 6.36. The van der Waals surface area contributed by atoms with Crippen LogP contribution >= 0.6 is 11.6 Å². The molecule has 1 N–H and O–H groups in total. The summed E-state index contributed by atoms with van der Waals surface area (Å²) in [4.78, 5) is 4.48. The molecule has 0 unspecified atom stereocenters. The molecule has 2 aromatic rings. The number of pyridine rings is 1. The minimum absolute atomic E-state index is 0.147. The molecule has 0 fully saturated rings. The number of fused-ring (bicyclic) bond motifs is 1. The lowest BCUT2D eigenvalue weighted by molar-refractivity contribution is 0.569. The van der Waals surface area contributed by atoms with E-state index in [1.165, 1.54) is 6.07 Å². The summed E-state index contributed by atoms with van der Waals surface area (Å²) in [5, 5.41) is 4.51. The largest absolute Gasteiger partial charge is 0.384 e. The molecular weight excluding hydrogens is 275 g/mol. The summed E-state index contributed by atoms with van der Waals surface area (Å²) >= 11 is 6.23. The highest BCUT2D eigenvalue weighted by Crippen LogP contribution is 2.34. The summed E-state index contributed by atoms with van der Waals surface area (Å²) in [7, 11) is 0. The second-order valence-electron chi connectivity index (χ2n) is 5.98. The van der Waals surface area contributed by atoms with Crippen molar-refractivity contribution in [1.82, 2.24) is 4.98 Å². The van der Waals surface area contributed by atoms with E-state index in [9.17, 15) is 4.39 Å². The van der Waals surface area contributed by atoms with E-state index in [4.69, 9.17) is 11.6 Å². The fourth-order valence-corrected chi connectivity index (χ4v) is 2.31. The molecule has 0 bridgehead atoms. The number of hydrogen-bond acceptors (Lipinski definition) is 2. The fraction of sp³-hybridized carbons (Fsp3) is 0.438. The number of hydrogen-bond donors (Lipinski definition) is 1. The number of nitrogens with zero attached hydrogens (tertiary/aromatic N) is 1. The van der Waals surface area contributed by atoms with Crippen LogP contribution in [-0.2, 0) is 5.41 Å². The van der Waals surface area contributed by atoms with Gasteiger partial charge in [0.05, 0.1) is 5.02 Å². The molecule has 108 valence electrons. The molecule has 0 aliphatic rings. The van der Waals surface area contributed by atoms with E-state index in [-0.39, 0.29) is 11.2 Å². The van der Waals surface area contributed by atoms with Crippen molar-refractivity contribution in [2.45, 2.75) is 39.5 Å². The van der Waals surface area contributed by atoms with Crippen molar-refractivity contribution in [2.75, 3.05) is 11.9 Å². The molecule has 1 heterocycles. The number of halogens is 2. The van der Waals surface area contributed by atoms with E-state index in [0.717, 1.165) is 24.3 Å². The Morgan fingerprint density at radius 3 is 2.60 bits per heavy atom. The summed E-state index contributed by atoms with van der Waals surface area (Å²) < 4.78 is 14.1. The van der Waals surface area contributed by atoms with Crippen LogP contribution in [0.15, 0.2) is 18.2 Å². The molecule has 0 saturated carbocycles. The van der Waals surface area contributed by atoms with Gasteiger partial charge in [-0.25, -0.2) is 9.37 Å². The SMILES string of the molecule is CCCNc1cc(C(C)(C)C)nc2c(F)ccc(Cl)c12. The van der Waals surface area contributed by atoms with E-state index in [0.29, 0.717) is 15.9 Å². The van der Waals surface area contributed by atoms with E-state index in [1.54, 1.807) is 6.07 Å². The maximum Gasteiger partial charge on any atom is 0.149 e. The molecule has 1 aromatic heterocycles. The Morgan fingerprint density at radius 1 is 1.30 bits per heavy atom. The van der Waals surface area contributed by atoms with E-state index >= 15 is 0 Å². The van der Waals surface area contributed by atoms with Gasteiger partial charge < -0.3 is 5.32 Å². The zero-order valence-electron chi connectivity index (χ0n) is 12.3. The minimum atomic E-state index is -0.338. The Labute approximate surface area is 124 Å². The van der Waals surface area contributed by atoms with Gasteiger partial charge in [-0.2, -0.15) is 0 Å². The Balaban J connectivity index is 2.74. The van der Waals surface area contributed by atoms with Crippen molar-refractivity contribution in [3.63, 3.8) is 0 Å². The fourth-order valence-electron chi connectivity index (χ4n) is 2.05. The summed E-state index contributed by atoms with van der Waals surface area (Å²) in [6.07, 6.45) is 0.988. The van der Waals surface area contributed by atoms with Crippen LogP contribution in [0.2, 0.25) is 5.02 Å². The summed E-state index contributed by atoms with van der Waals surface area (Å²) in [6.45, 7) is 9.09. The lowest BCUT2D eigenvalue weighted by Crippen LogP contribution is -2.15. The highest BCUT2D eigenvalue weighted by Gasteiger charge is 2.20. The zero-order valence-corrected chi connectivity index (χ0v) is 13.1. The number of benzene rings is 1. The third-order valence-electron chi connectivity index (χ3n) is 3.19. The van der Waals surface area contributed by atoms with Crippen LogP contribution < -0.4 is 5.32 Å². The smallest absolute Gasteiger partial charge is 0.149 e. The van der Waals surface area contributed by atoms with Gasteiger partial charge in [0.1, 0.15) is 11.3 Å². The van der Waals surface area contributed by atoms with Crippen LogP contribution in [0.25, 0.3) is 10.9 Å². The Bertz CT molecular complexity index is 632. The van der Waals surface area contributed by atoms with Crippen LogP contribution in [0.5, 0.6) is 0 Å². The van der Waals surface area contributed by atoms with Gasteiger partial charge in [-0.05, 0) is 24.6 Å². The second kappa shape index (κ2) is 5.57. The molecular formula is C16H20ClFN2. The maximum absolute atomic E-state index is 14.1. The summed E-state index contributed by atoms with van der Waals surface area (Å²) in [5.41, 5.74) is 1.89. The molecule has 0 atom stereocenters. The average Bonchev–Trinajstić information content (AvgIpc) is 2.39. The quantitative estimate of drug-likeness (QED) is 0.847. The van der Waals surface area contributed by atoms with Crippen LogP contribution in [0.1, 0.15) is 39.8 Å². The van der Waals surface area contributed by atoms with Gasteiger partial charge in [-0.1, -0.05) is 39.3 Å². The van der Waals surface area contributed by atoms with E-state index < -0.39 is 0 Å². The van der Waals surface area contributed by atoms with Crippen molar-refractivity contribution < 1.29 is 4.39 Å². The molecule has 0 radical (unpaired) electrons. The van der Waals surface area contributed by atoms with Crippen molar-refractivity contribution in [3.8, 4) is 0 Å². The van der Waals surface area contributed by atoms with Gasteiger partial charge in [0.15, 0.2) is 0 Å². The highest BCUT2D eigenvalue weighted by atomic mass is 35.5. The third kappa shape index (κ3) is 2.88. The number of rotatable bonds is 3. The van der Waals surface area contributed by atoms with Crippen molar-refractivity contribution in [3.05, 3.63) is 34.7 Å². The maximum atomic E-state index is 14.1. The number of nitrogens with one attached hydrogen (secondary N) is 1. The lowest BCUT2D eigenvalue weighted by Gasteiger charge is -2.21. The first-order valence-electron chi connectivity index (χ1n) is 6.87. The van der Waals surface area contributed by atoms with Crippen LogP contribution in [0.3, 0.4) is 0 Å². The molecule has 0 amide bonds. The second-order valence-corrected chi connectivity index (χ2v) is 6.39. The van der Waals surface area contributed by atoms with Gasteiger partial charge in [-0.15, -0.1) is 0 Å². The first kappa shape index (κ1) is 15.0. The summed E-state index contributed by atoms with van der Waals surface area (Å²) in [5.74, 6) is -0.338. The molecule has 2 nitrogen and oxygen atoms in total. The monoisotopic (exact) mass is 294 g/mol. The van der Waals surface area contributed by atoms with Gasteiger partial charge in [-0.3, -0.25) is 0 Å². The van der Waals surface area contributed by atoms with Crippen molar-refractivity contribution >= 4 is 28.2 Å². The molecule has 0 aliphatic heterocycles. The van der Waals surface area contributed by atoms with Gasteiger partial charge >= 0.3 is 0 Å². The molecule has 4 heteroatoms. The molecule has 0 spiro atoms. The van der Waals surface area contributed by atoms with E-state index in [1.807, 2.05) is 6.07 Å². The number of aromatic nitrogens is 1. The first-order valence-corrected chi connectivity index (χ1v) is 7.25. The average molecular weight is 295 g/mol. The summed E-state index contributed by atoms with van der Waals surface area (Å²) in [6, 6.07) is 4.92. The standard InChI is InChI=1S/C16H20ClFN2/c1-5-8-19-12-9-13(16(2,3)4)20-15-11(18)7-6-10(17)14(12)15/h6-7,9H,5,8H2,1-4H3,(H,19,20). The topological polar surface area (TPSA) is 24.9 Å². The Morgan fingerprint density at radius 2 is 2.00 bits per heavy atom. The predicted molar refractivity (Wildman–Crippen MR) is 84.2 cm³/mol. The third-order valence-corrected chi connectivity index (χ3v) is 3.51. The van der Waals surface area contributed by atoms with Crippen molar-refractivity contribution in [1.29, 1.82) is 0 Å². The molecule has 0 saturated heterocycles. The Hall–Kier alpha value is -1.35. The van der Waals surface area contributed by atoms with Gasteiger partial charge in [0, 0.05) is 28.7 Å².